The van der Waals surface area contributed by atoms with Gasteiger partial charge in [-0.05, 0) is 25.7 Å². The van der Waals surface area contributed by atoms with Crippen LogP contribution in [0.4, 0.5) is 0 Å². The van der Waals surface area contributed by atoms with E-state index in [2.05, 4.69) is 27.7 Å². The van der Waals surface area contributed by atoms with Crippen LogP contribution in [0.15, 0.2) is 0 Å². The molecule has 28 heavy (non-hydrogen) atoms. The van der Waals surface area contributed by atoms with Crippen LogP contribution in [-0.2, 0) is 27.2 Å². The molecule has 0 heterocycles. The molecular weight excluding hydrogens is 398 g/mol. The summed E-state index contributed by atoms with van der Waals surface area (Å²) < 4.78 is 42.2. The summed E-state index contributed by atoms with van der Waals surface area (Å²) in [6.45, 7) is 10.7. The molecule has 0 saturated carbocycles. The third kappa shape index (κ3) is 28.3. The normalized spacial score (nSPS) is 10.4. The van der Waals surface area contributed by atoms with E-state index in [0.717, 1.165) is 77.0 Å². The minimum atomic E-state index is -1.86. The molecule has 0 saturated heterocycles. The Balaban J connectivity index is 0. The first-order chi connectivity index (χ1) is 13.6. The number of unbranched alkanes of at least 4 members (excludes halogenated alkanes) is 8. The Bertz CT molecular complexity index is 283. The van der Waals surface area contributed by atoms with Gasteiger partial charge in [0, 0.05) is 9.13 Å². The summed E-state index contributed by atoms with van der Waals surface area (Å²) in [5, 5.41) is 0. The predicted molar refractivity (Wildman–Crippen MR) is 117 cm³/mol. The Morgan fingerprint density at radius 2 is 0.643 bits per heavy atom. The van der Waals surface area contributed by atoms with Crippen molar-refractivity contribution in [3.8, 4) is 0 Å². The van der Waals surface area contributed by atoms with Crippen molar-refractivity contribution in [2.75, 3.05) is 26.4 Å². The first-order valence-corrected chi connectivity index (χ1v) is 13.3. The highest BCUT2D eigenvalue weighted by atomic mass is 31.1. The van der Waals surface area contributed by atoms with E-state index in [1.807, 2.05) is 0 Å². The molecule has 0 aromatic heterocycles. The highest BCUT2D eigenvalue weighted by molar-refractivity contribution is 7.33. The maximum Gasteiger partial charge on any atom is 0.697 e. The average molecular weight is 443 g/mol. The summed E-state index contributed by atoms with van der Waals surface area (Å²) >= 11 is 0. The van der Waals surface area contributed by atoms with E-state index in [1.165, 1.54) is 0 Å². The molecule has 8 heteroatoms. The van der Waals surface area contributed by atoms with Crippen LogP contribution in [-0.4, -0.2) is 26.4 Å². The van der Waals surface area contributed by atoms with Crippen molar-refractivity contribution in [1.82, 2.24) is 0 Å². The molecule has 0 atom stereocenters. The van der Waals surface area contributed by atoms with Gasteiger partial charge in [0.2, 0.25) is 0 Å². The van der Waals surface area contributed by atoms with Gasteiger partial charge in [0.1, 0.15) is 26.4 Å². The van der Waals surface area contributed by atoms with E-state index in [9.17, 15) is 9.13 Å². The maximum absolute atomic E-state index is 11.1. The van der Waals surface area contributed by atoms with Gasteiger partial charge in [0.15, 0.2) is 0 Å². The quantitative estimate of drug-likeness (QED) is 0.140. The van der Waals surface area contributed by atoms with E-state index in [-0.39, 0.29) is 0 Å². The second-order valence-electron chi connectivity index (χ2n) is 6.61. The highest BCUT2D eigenvalue weighted by Gasteiger charge is 2.19. The fourth-order valence-electron chi connectivity index (χ4n) is 2.04. The zero-order valence-electron chi connectivity index (χ0n) is 18.7. The molecule has 0 aromatic rings. The van der Waals surface area contributed by atoms with Crippen molar-refractivity contribution in [3.05, 3.63) is 0 Å². The van der Waals surface area contributed by atoms with Crippen molar-refractivity contribution >= 4 is 16.5 Å². The maximum atomic E-state index is 11.1. The monoisotopic (exact) mass is 442 g/mol. The van der Waals surface area contributed by atoms with E-state index in [0.29, 0.717) is 26.4 Å². The molecule has 0 N–H and O–H groups in total. The standard InChI is InChI=1S/2C10H22O3P/c2*1-3-5-7-9-12-14(11)13-10-8-6-4-2/h2*3-10H2,1-2H3/q2*+1. The summed E-state index contributed by atoms with van der Waals surface area (Å²) in [5.41, 5.74) is 0. The van der Waals surface area contributed by atoms with Crippen molar-refractivity contribution in [2.45, 2.75) is 105 Å². The van der Waals surface area contributed by atoms with Crippen LogP contribution in [0.1, 0.15) is 105 Å². The Labute approximate surface area is 175 Å². The summed E-state index contributed by atoms with van der Waals surface area (Å²) in [4.78, 5) is 0. The zero-order chi connectivity index (χ0) is 21.3. The molecule has 0 rings (SSSR count). The molecule has 0 unspecified atom stereocenters. The number of hydrogen-bond donors (Lipinski definition) is 0. The minimum absolute atomic E-state index is 0.552. The van der Waals surface area contributed by atoms with Gasteiger partial charge in [0.25, 0.3) is 0 Å². The van der Waals surface area contributed by atoms with E-state index in [4.69, 9.17) is 18.1 Å². The molecule has 0 radical (unpaired) electrons. The lowest BCUT2D eigenvalue weighted by atomic mass is 10.3. The molecule has 0 aliphatic heterocycles. The second-order valence-corrected chi connectivity index (χ2v) is 8.54. The first kappa shape index (κ1) is 30.2. The van der Waals surface area contributed by atoms with Gasteiger partial charge in [-0.2, -0.15) is 0 Å². The molecule has 0 aromatic carbocycles. The number of rotatable bonds is 20. The van der Waals surface area contributed by atoms with Gasteiger partial charge >= 0.3 is 16.5 Å². The van der Waals surface area contributed by atoms with Crippen LogP contribution in [0.25, 0.3) is 0 Å². The molecule has 0 bridgehead atoms. The minimum Gasteiger partial charge on any atom is -0.119 e. The topological polar surface area (TPSA) is 71.1 Å². The smallest absolute Gasteiger partial charge is 0.119 e. The van der Waals surface area contributed by atoms with E-state index < -0.39 is 16.5 Å². The molecule has 0 aliphatic rings. The first-order valence-electron chi connectivity index (χ1n) is 11.1. The fourth-order valence-corrected chi connectivity index (χ4v) is 3.30. The van der Waals surface area contributed by atoms with Gasteiger partial charge in [-0.1, -0.05) is 79.1 Å². The van der Waals surface area contributed by atoms with Gasteiger partial charge in [-0.15, -0.1) is 18.1 Å². The molecule has 168 valence electrons. The molecule has 6 nitrogen and oxygen atoms in total. The molecular formula is C20H44O6P2+2. The summed E-state index contributed by atoms with van der Waals surface area (Å²) in [7, 11) is -3.73. The molecule has 0 aliphatic carbocycles. The lowest BCUT2D eigenvalue weighted by Crippen LogP contribution is -1.91. The van der Waals surface area contributed by atoms with Gasteiger partial charge < -0.3 is 0 Å². The van der Waals surface area contributed by atoms with Gasteiger partial charge in [0.05, 0.1) is 0 Å². The van der Waals surface area contributed by atoms with Gasteiger partial charge in [-0.25, -0.2) is 0 Å². The van der Waals surface area contributed by atoms with Crippen LogP contribution in [0, 0.1) is 0 Å². The summed E-state index contributed by atoms with van der Waals surface area (Å²) in [6, 6.07) is 0. The van der Waals surface area contributed by atoms with E-state index >= 15 is 0 Å². The highest BCUT2D eigenvalue weighted by Crippen LogP contribution is 2.25. The number of hydrogen-bond acceptors (Lipinski definition) is 6. The van der Waals surface area contributed by atoms with Crippen molar-refractivity contribution in [3.63, 3.8) is 0 Å². The molecule has 0 amide bonds. The van der Waals surface area contributed by atoms with Crippen molar-refractivity contribution < 1.29 is 27.2 Å². The van der Waals surface area contributed by atoms with Crippen LogP contribution in [0.2, 0.25) is 0 Å². The Morgan fingerprint density at radius 1 is 0.429 bits per heavy atom. The fraction of sp³-hybridized carbons (Fsp3) is 1.00. The Morgan fingerprint density at radius 3 is 0.821 bits per heavy atom. The van der Waals surface area contributed by atoms with Gasteiger partial charge in [-0.3, -0.25) is 0 Å². The van der Waals surface area contributed by atoms with Crippen LogP contribution < -0.4 is 0 Å². The largest absolute Gasteiger partial charge is 0.697 e. The van der Waals surface area contributed by atoms with Crippen molar-refractivity contribution in [2.24, 2.45) is 0 Å². The third-order valence-corrected chi connectivity index (χ3v) is 5.35. The summed E-state index contributed by atoms with van der Waals surface area (Å²) in [6.07, 6.45) is 13.0. The predicted octanol–water partition coefficient (Wildman–Crippen LogP) is 8.11. The van der Waals surface area contributed by atoms with Crippen LogP contribution in [0.3, 0.4) is 0 Å². The SMILES string of the molecule is CCCCCO[P+](=O)OCCCCC.CCCCCO[P+](=O)OCCCCC. The molecule has 0 spiro atoms. The lowest BCUT2D eigenvalue weighted by molar-refractivity contribution is 0.218. The zero-order valence-corrected chi connectivity index (χ0v) is 20.4. The third-order valence-electron chi connectivity index (χ3n) is 3.78. The lowest BCUT2D eigenvalue weighted by Gasteiger charge is -1.92. The average Bonchev–Trinajstić information content (AvgIpc) is 2.70. The van der Waals surface area contributed by atoms with Crippen molar-refractivity contribution in [1.29, 1.82) is 0 Å². The van der Waals surface area contributed by atoms with Crippen LogP contribution >= 0.6 is 16.5 Å². The Kier molecular flexibility index (Phi) is 29.2. The van der Waals surface area contributed by atoms with E-state index in [1.54, 1.807) is 0 Å². The second kappa shape index (κ2) is 27.0. The Hall–Kier alpha value is 0.0400. The molecule has 0 fully saturated rings. The summed E-state index contributed by atoms with van der Waals surface area (Å²) in [5.74, 6) is 0. The van der Waals surface area contributed by atoms with Crippen LogP contribution in [0.5, 0.6) is 0 Å².